The molecule has 1 rings (SSSR count). The highest BCUT2D eigenvalue weighted by atomic mass is 16.6. The van der Waals surface area contributed by atoms with Crippen molar-refractivity contribution in [3.63, 3.8) is 0 Å². The Bertz CT molecular complexity index is 593. The van der Waals surface area contributed by atoms with Crippen LogP contribution in [-0.4, -0.2) is 47.1 Å². The SMILES string of the molecule is CCN(CCNC(=O)c1ccc([N+](=O)[O-])cc1)C(=O)OC(C)(C)C. The van der Waals surface area contributed by atoms with Crippen molar-refractivity contribution in [2.75, 3.05) is 19.6 Å². The summed E-state index contributed by atoms with van der Waals surface area (Å²) in [6.45, 7) is 8.21. The third kappa shape index (κ3) is 6.23. The van der Waals surface area contributed by atoms with Crippen molar-refractivity contribution in [1.82, 2.24) is 10.2 Å². The molecule has 0 heterocycles. The van der Waals surface area contributed by atoms with Gasteiger partial charge in [0, 0.05) is 37.3 Å². The highest BCUT2D eigenvalue weighted by molar-refractivity contribution is 5.94. The molecule has 0 unspecified atom stereocenters. The molecule has 0 saturated heterocycles. The number of benzene rings is 1. The molecule has 0 aliphatic rings. The highest BCUT2D eigenvalue weighted by Gasteiger charge is 2.21. The van der Waals surface area contributed by atoms with Crippen molar-refractivity contribution in [1.29, 1.82) is 0 Å². The summed E-state index contributed by atoms with van der Waals surface area (Å²) in [6.07, 6.45) is -0.436. The van der Waals surface area contributed by atoms with Gasteiger partial charge in [-0.2, -0.15) is 0 Å². The van der Waals surface area contributed by atoms with Crippen LogP contribution in [0.3, 0.4) is 0 Å². The fourth-order valence-electron chi connectivity index (χ4n) is 1.85. The molecule has 0 aliphatic carbocycles. The Kier molecular flexibility index (Phi) is 6.69. The van der Waals surface area contributed by atoms with Gasteiger partial charge in [0.15, 0.2) is 0 Å². The van der Waals surface area contributed by atoms with Crippen molar-refractivity contribution in [2.24, 2.45) is 0 Å². The maximum Gasteiger partial charge on any atom is 0.410 e. The zero-order valence-corrected chi connectivity index (χ0v) is 14.4. The van der Waals surface area contributed by atoms with Gasteiger partial charge < -0.3 is 15.0 Å². The summed E-state index contributed by atoms with van der Waals surface area (Å²) in [5.74, 6) is -0.356. The van der Waals surface area contributed by atoms with Crippen LogP contribution in [0, 0.1) is 10.1 Å². The molecule has 132 valence electrons. The van der Waals surface area contributed by atoms with Crippen LogP contribution in [0.5, 0.6) is 0 Å². The summed E-state index contributed by atoms with van der Waals surface area (Å²) < 4.78 is 5.28. The van der Waals surface area contributed by atoms with Crippen molar-refractivity contribution in [2.45, 2.75) is 33.3 Å². The van der Waals surface area contributed by atoms with Crippen LogP contribution in [-0.2, 0) is 4.74 Å². The second-order valence-electron chi connectivity index (χ2n) is 6.12. The van der Waals surface area contributed by atoms with E-state index in [4.69, 9.17) is 4.74 Å². The van der Waals surface area contributed by atoms with Crippen molar-refractivity contribution in [3.05, 3.63) is 39.9 Å². The minimum Gasteiger partial charge on any atom is -0.444 e. The van der Waals surface area contributed by atoms with E-state index in [-0.39, 0.29) is 18.1 Å². The standard InChI is InChI=1S/C16H23N3O5/c1-5-18(15(21)24-16(2,3)4)11-10-17-14(20)12-6-8-13(9-7-12)19(22)23/h6-9H,5,10-11H2,1-4H3,(H,17,20). The lowest BCUT2D eigenvalue weighted by atomic mass is 10.2. The topological polar surface area (TPSA) is 102 Å². The van der Waals surface area contributed by atoms with Gasteiger partial charge in [-0.1, -0.05) is 0 Å². The van der Waals surface area contributed by atoms with Gasteiger partial charge in [-0.05, 0) is 39.8 Å². The number of nitro benzene ring substituents is 1. The molecule has 24 heavy (non-hydrogen) atoms. The van der Waals surface area contributed by atoms with Gasteiger partial charge in [0.1, 0.15) is 5.60 Å². The van der Waals surface area contributed by atoms with Gasteiger partial charge in [-0.3, -0.25) is 14.9 Å². The molecule has 0 aliphatic heterocycles. The molecule has 2 amide bonds. The third-order valence-electron chi connectivity index (χ3n) is 3.04. The summed E-state index contributed by atoms with van der Waals surface area (Å²) in [5, 5.41) is 13.3. The Morgan fingerprint density at radius 2 is 1.83 bits per heavy atom. The van der Waals surface area contributed by atoms with Crippen LogP contribution in [0.25, 0.3) is 0 Å². The zero-order chi connectivity index (χ0) is 18.3. The molecule has 0 bridgehead atoms. The lowest BCUT2D eigenvalue weighted by molar-refractivity contribution is -0.384. The number of ether oxygens (including phenoxy) is 1. The molecule has 0 fully saturated rings. The lowest BCUT2D eigenvalue weighted by Crippen LogP contribution is -2.41. The van der Waals surface area contributed by atoms with Crippen LogP contribution in [0.1, 0.15) is 38.1 Å². The van der Waals surface area contributed by atoms with Crippen molar-refractivity contribution < 1.29 is 19.2 Å². The van der Waals surface area contributed by atoms with Crippen LogP contribution in [0.2, 0.25) is 0 Å². The van der Waals surface area contributed by atoms with Gasteiger partial charge in [-0.25, -0.2) is 4.79 Å². The Morgan fingerprint density at radius 1 is 1.25 bits per heavy atom. The second-order valence-corrected chi connectivity index (χ2v) is 6.12. The maximum absolute atomic E-state index is 12.0. The number of non-ortho nitro benzene ring substituents is 1. The normalized spacial score (nSPS) is 10.8. The number of nitro groups is 1. The molecule has 8 heteroatoms. The van der Waals surface area contributed by atoms with Gasteiger partial charge in [-0.15, -0.1) is 0 Å². The van der Waals surface area contributed by atoms with Crippen LogP contribution in [0.15, 0.2) is 24.3 Å². The number of likely N-dealkylation sites (N-methyl/N-ethyl adjacent to an activating group) is 1. The average Bonchev–Trinajstić information content (AvgIpc) is 2.49. The molecule has 1 aromatic carbocycles. The van der Waals surface area contributed by atoms with Gasteiger partial charge in [0.2, 0.25) is 0 Å². The fraction of sp³-hybridized carbons (Fsp3) is 0.500. The van der Waals surface area contributed by atoms with Crippen molar-refractivity contribution >= 4 is 17.7 Å². The quantitative estimate of drug-likeness (QED) is 0.635. The first-order valence-corrected chi connectivity index (χ1v) is 7.64. The average molecular weight is 337 g/mol. The molecular weight excluding hydrogens is 314 g/mol. The van der Waals surface area contributed by atoms with E-state index in [0.717, 1.165) is 0 Å². The molecule has 0 aromatic heterocycles. The van der Waals surface area contributed by atoms with E-state index < -0.39 is 16.6 Å². The molecule has 0 saturated carbocycles. The summed E-state index contributed by atoms with van der Waals surface area (Å²) in [4.78, 5) is 35.5. The Hall–Kier alpha value is -2.64. The van der Waals surface area contributed by atoms with E-state index in [0.29, 0.717) is 18.7 Å². The largest absolute Gasteiger partial charge is 0.444 e. The first-order valence-electron chi connectivity index (χ1n) is 7.64. The number of nitrogens with one attached hydrogen (secondary N) is 1. The fourth-order valence-corrected chi connectivity index (χ4v) is 1.85. The van der Waals surface area contributed by atoms with E-state index in [9.17, 15) is 19.7 Å². The van der Waals surface area contributed by atoms with E-state index in [1.54, 1.807) is 20.8 Å². The van der Waals surface area contributed by atoms with Gasteiger partial charge in [0.05, 0.1) is 4.92 Å². The molecule has 1 N–H and O–H groups in total. The molecule has 0 spiro atoms. The summed E-state index contributed by atoms with van der Waals surface area (Å²) in [5.41, 5.74) is -0.332. The van der Waals surface area contributed by atoms with E-state index >= 15 is 0 Å². The van der Waals surface area contributed by atoms with Crippen molar-refractivity contribution in [3.8, 4) is 0 Å². The zero-order valence-electron chi connectivity index (χ0n) is 14.4. The first-order chi connectivity index (χ1) is 11.1. The number of rotatable bonds is 6. The van der Waals surface area contributed by atoms with Gasteiger partial charge >= 0.3 is 6.09 Å². The van der Waals surface area contributed by atoms with Crippen LogP contribution in [0.4, 0.5) is 10.5 Å². The van der Waals surface area contributed by atoms with E-state index in [1.807, 2.05) is 6.92 Å². The Balaban J connectivity index is 2.51. The first kappa shape index (κ1) is 19.4. The predicted octanol–water partition coefficient (Wildman–Crippen LogP) is 2.58. The number of carbonyl (C=O) groups is 2. The molecule has 8 nitrogen and oxygen atoms in total. The van der Waals surface area contributed by atoms with E-state index in [2.05, 4.69) is 5.32 Å². The predicted molar refractivity (Wildman–Crippen MR) is 88.9 cm³/mol. The minimum absolute atomic E-state index is 0.0753. The minimum atomic E-state index is -0.577. The monoisotopic (exact) mass is 337 g/mol. The second kappa shape index (κ2) is 8.28. The lowest BCUT2D eigenvalue weighted by Gasteiger charge is -2.26. The number of hydrogen-bond acceptors (Lipinski definition) is 5. The number of carbonyl (C=O) groups excluding carboxylic acids is 2. The number of hydrogen-bond donors (Lipinski definition) is 1. The summed E-state index contributed by atoms with van der Waals surface area (Å²) in [7, 11) is 0. The smallest absolute Gasteiger partial charge is 0.410 e. The van der Waals surface area contributed by atoms with E-state index in [1.165, 1.54) is 29.2 Å². The van der Waals surface area contributed by atoms with Gasteiger partial charge in [0.25, 0.3) is 11.6 Å². The molecule has 0 atom stereocenters. The Labute approximate surface area is 140 Å². The highest BCUT2D eigenvalue weighted by Crippen LogP contribution is 2.12. The summed E-state index contributed by atoms with van der Waals surface area (Å²) in [6, 6.07) is 5.32. The Morgan fingerprint density at radius 3 is 2.29 bits per heavy atom. The number of nitrogens with zero attached hydrogens (tertiary/aromatic N) is 2. The molecule has 0 radical (unpaired) electrons. The van der Waals surface area contributed by atoms with Crippen LogP contribution >= 0.6 is 0 Å². The molecular formula is C16H23N3O5. The maximum atomic E-state index is 12.0. The molecule has 1 aromatic rings. The number of amides is 2. The summed E-state index contributed by atoms with van der Waals surface area (Å²) >= 11 is 0. The van der Waals surface area contributed by atoms with Crippen LogP contribution < -0.4 is 5.32 Å². The third-order valence-corrected chi connectivity index (χ3v) is 3.04.